The van der Waals surface area contributed by atoms with E-state index in [2.05, 4.69) is 46.3 Å². The Morgan fingerprint density at radius 2 is 1.83 bits per heavy atom. The maximum atomic E-state index is 5.74. The van der Waals surface area contributed by atoms with Crippen molar-refractivity contribution in [1.29, 1.82) is 0 Å². The lowest BCUT2D eigenvalue weighted by Crippen LogP contribution is -2.33. The van der Waals surface area contributed by atoms with E-state index in [0.29, 0.717) is 0 Å². The Bertz CT molecular complexity index is 449. The second-order valence-corrected chi connectivity index (χ2v) is 5.88. The standard InChI is InChI=1S/C15H17BrO2/c16-14-3-1-2-13(11-14)10-12-4-6-15(7-5-12)17-8-9-18-15/h1-3,10-11H,4-9H2. The molecule has 1 aromatic carbocycles. The number of hydrogen-bond acceptors (Lipinski definition) is 2. The highest BCUT2D eigenvalue weighted by atomic mass is 79.9. The minimum atomic E-state index is -0.255. The van der Waals surface area contributed by atoms with Crippen LogP contribution in [0.25, 0.3) is 6.08 Å². The van der Waals surface area contributed by atoms with Crippen molar-refractivity contribution in [2.45, 2.75) is 31.5 Å². The van der Waals surface area contributed by atoms with Crippen molar-refractivity contribution in [2.75, 3.05) is 13.2 Å². The first-order valence-electron chi connectivity index (χ1n) is 6.49. The molecule has 0 unspecified atom stereocenters. The zero-order chi connectivity index (χ0) is 12.4. The summed E-state index contributed by atoms with van der Waals surface area (Å²) in [5, 5.41) is 0. The fraction of sp³-hybridized carbons (Fsp3) is 0.467. The summed E-state index contributed by atoms with van der Waals surface area (Å²) in [6, 6.07) is 8.42. The van der Waals surface area contributed by atoms with E-state index in [1.807, 2.05) is 0 Å². The van der Waals surface area contributed by atoms with Gasteiger partial charge < -0.3 is 9.47 Å². The molecule has 1 saturated heterocycles. The Hall–Kier alpha value is -0.640. The Labute approximate surface area is 116 Å². The van der Waals surface area contributed by atoms with E-state index < -0.39 is 0 Å². The third-order valence-corrected chi connectivity index (χ3v) is 4.18. The molecule has 1 aliphatic carbocycles. The van der Waals surface area contributed by atoms with Crippen LogP contribution in [0.2, 0.25) is 0 Å². The molecular formula is C15H17BrO2. The van der Waals surface area contributed by atoms with Gasteiger partial charge in [0.2, 0.25) is 0 Å². The zero-order valence-corrected chi connectivity index (χ0v) is 11.9. The second-order valence-electron chi connectivity index (χ2n) is 4.97. The second kappa shape index (κ2) is 5.16. The monoisotopic (exact) mass is 308 g/mol. The van der Waals surface area contributed by atoms with Crippen molar-refractivity contribution in [1.82, 2.24) is 0 Å². The lowest BCUT2D eigenvalue weighted by Gasteiger charge is -2.32. The molecule has 0 radical (unpaired) electrons. The summed E-state index contributed by atoms with van der Waals surface area (Å²) < 4.78 is 12.6. The van der Waals surface area contributed by atoms with Crippen LogP contribution in [0.3, 0.4) is 0 Å². The van der Waals surface area contributed by atoms with E-state index in [0.717, 1.165) is 43.4 Å². The quantitative estimate of drug-likeness (QED) is 0.776. The van der Waals surface area contributed by atoms with Crippen LogP contribution < -0.4 is 0 Å². The summed E-state index contributed by atoms with van der Waals surface area (Å²) in [6.07, 6.45) is 6.44. The predicted octanol–water partition coefficient (Wildman–Crippen LogP) is 4.15. The van der Waals surface area contributed by atoms with Gasteiger partial charge in [0.1, 0.15) is 0 Å². The van der Waals surface area contributed by atoms with Crippen LogP contribution in [-0.2, 0) is 9.47 Å². The molecule has 96 valence electrons. The summed E-state index contributed by atoms with van der Waals surface area (Å²) in [6.45, 7) is 1.51. The topological polar surface area (TPSA) is 18.5 Å². The number of benzene rings is 1. The van der Waals surface area contributed by atoms with Crippen LogP contribution in [0.5, 0.6) is 0 Å². The zero-order valence-electron chi connectivity index (χ0n) is 10.3. The van der Waals surface area contributed by atoms with Gasteiger partial charge in [0, 0.05) is 17.3 Å². The molecule has 3 heteroatoms. The van der Waals surface area contributed by atoms with Crippen molar-refractivity contribution in [3.63, 3.8) is 0 Å². The SMILES string of the molecule is Brc1cccc(C=C2CCC3(CC2)OCCO3)c1. The Balaban J connectivity index is 1.69. The number of rotatable bonds is 1. The van der Waals surface area contributed by atoms with Crippen LogP contribution in [0.1, 0.15) is 31.2 Å². The first kappa shape index (κ1) is 12.4. The van der Waals surface area contributed by atoms with Crippen LogP contribution in [0, 0.1) is 0 Å². The average molecular weight is 309 g/mol. The molecule has 0 N–H and O–H groups in total. The average Bonchev–Trinajstić information content (AvgIpc) is 2.81. The fourth-order valence-corrected chi connectivity index (χ4v) is 3.13. The number of hydrogen-bond donors (Lipinski definition) is 0. The maximum absolute atomic E-state index is 5.74. The Morgan fingerprint density at radius 1 is 1.11 bits per heavy atom. The molecule has 2 aliphatic rings. The van der Waals surface area contributed by atoms with E-state index >= 15 is 0 Å². The fourth-order valence-electron chi connectivity index (χ4n) is 2.71. The molecule has 3 rings (SSSR count). The highest BCUT2D eigenvalue weighted by Crippen LogP contribution is 2.38. The first-order chi connectivity index (χ1) is 8.76. The van der Waals surface area contributed by atoms with Crippen LogP contribution in [-0.4, -0.2) is 19.0 Å². The molecule has 0 atom stereocenters. The van der Waals surface area contributed by atoms with Gasteiger partial charge in [0.15, 0.2) is 5.79 Å². The Kier molecular flexibility index (Phi) is 3.55. The van der Waals surface area contributed by atoms with E-state index in [9.17, 15) is 0 Å². The number of halogens is 1. The third kappa shape index (κ3) is 2.68. The minimum Gasteiger partial charge on any atom is -0.348 e. The number of ether oxygens (including phenoxy) is 2. The van der Waals surface area contributed by atoms with E-state index in [1.165, 1.54) is 11.1 Å². The van der Waals surface area contributed by atoms with E-state index in [1.54, 1.807) is 0 Å². The molecule has 1 saturated carbocycles. The van der Waals surface area contributed by atoms with Crippen molar-refractivity contribution in [2.24, 2.45) is 0 Å². The van der Waals surface area contributed by atoms with Gasteiger partial charge in [0.25, 0.3) is 0 Å². The third-order valence-electron chi connectivity index (χ3n) is 3.69. The molecule has 1 aliphatic heterocycles. The van der Waals surface area contributed by atoms with E-state index in [4.69, 9.17) is 9.47 Å². The van der Waals surface area contributed by atoms with Crippen molar-refractivity contribution < 1.29 is 9.47 Å². The largest absolute Gasteiger partial charge is 0.348 e. The lowest BCUT2D eigenvalue weighted by molar-refractivity contribution is -0.171. The summed E-state index contributed by atoms with van der Waals surface area (Å²) in [7, 11) is 0. The molecule has 1 aromatic rings. The normalized spacial score (nSPS) is 22.4. The lowest BCUT2D eigenvalue weighted by atomic mass is 9.88. The molecular weight excluding hydrogens is 292 g/mol. The van der Waals surface area contributed by atoms with Gasteiger partial charge >= 0.3 is 0 Å². The molecule has 0 amide bonds. The van der Waals surface area contributed by atoms with Gasteiger partial charge in [-0.3, -0.25) is 0 Å². The molecule has 0 bridgehead atoms. The van der Waals surface area contributed by atoms with Gasteiger partial charge in [-0.25, -0.2) is 0 Å². The van der Waals surface area contributed by atoms with Gasteiger partial charge in [-0.15, -0.1) is 0 Å². The molecule has 2 nitrogen and oxygen atoms in total. The number of allylic oxidation sites excluding steroid dienone is 1. The highest BCUT2D eigenvalue weighted by molar-refractivity contribution is 9.10. The minimum absolute atomic E-state index is 0.255. The Morgan fingerprint density at radius 3 is 2.50 bits per heavy atom. The predicted molar refractivity (Wildman–Crippen MR) is 75.2 cm³/mol. The molecule has 2 fully saturated rings. The maximum Gasteiger partial charge on any atom is 0.169 e. The molecule has 1 spiro atoms. The summed E-state index contributed by atoms with van der Waals surface area (Å²) in [4.78, 5) is 0. The highest BCUT2D eigenvalue weighted by Gasteiger charge is 2.38. The summed E-state index contributed by atoms with van der Waals surface area (Å²) in [5.74, 6) is -0.255. The van der Waals surface area contributed by atoms with Gasteiger partial charge in [-0.2, -0.15) is 0 Å². The van der Waals surface area contributed by atoms with Crippen LogP contribution >= 0.6 is 15.9 Å². The van der Waals surface area contributed by atoms with Crippen molar-refractivity contribution in [3.8, 4) is 0 Å². The van der Waals surface area contributed by atoms with Crippen molar-refractivity contribution in [3.05, 3.63) is 39.9 Å². The van der Waals surface area contributed by atoms with Crippen LogP contribution in [0.15, 0.2) is 34.3 Å². The molecule has 18 heavy (non-hydrogen) atoms. The smallest absolute Gasteiger partial charge is 0.169 e. The van der Waals surface area contributed by atoms with Crippen LogP contribution in [0.4, 0.5) is 0 Å². The summed E-state index contributed by atoms with van der Waals surface area (Å²) in [5.41, 5.74) is 2.77. The molecule has 0 aromatic heterocycles. The molecule has 1 heterocycles. The van der Waals surface area contributed by atoms with Crippen molar-refractivity contribution >= 4 is 22.0 Å². The first-order valence-corrected chi connectivity index (χ1v) is 7.28. The summed E-state index contributed by atoms with van der Waals surface area (Å²) >= 11 is 3.51. The van der Waals surface area contributed by atoms with Gasteiger partial charge in [-0.05, 0) is 30.5 Å². The van der Waals surface area contributed by atoms with E-state index in [-0.39, 0.29) is 5.79 Å². The van der Waals surface area contributed by atoms with Gasteiger partial charge in [0.05, 0.1) is 13.2 Å². The van der Waals surface area contributed by atoms with Gasteiger partial charge in [-0.1, -0.05) is 39.7 Å².